The van der Waals surface area contributed by atoms with Gasteiger partial charge in [-0.1, -0.05) is 46.3 Å². The molecule has 28 heavy (non-hydrogen) atoms. The average Bonchev–Trinajstić information content (AvgIpc) is 3.00. The lowest BCUT2D eigenvalue weighted by molar-refractivity contribution is 0.0603. The van der Waals surface area contributed by atoms with Crippen LogP contribution in [0.25, 0.3) is 11.1 Å². The zero-order valence-electron chi connectivity index (χ0n) is 15.6. The minimum Gasteiger partial charge on any atom is -0.465 e. The molecule has 0 aliphatic rings. The molecular formula is C21H19BrN2O2S2. The van der Waals surface area contributed by atoms with Gasteiger partial charge in [0, 0.05) is 20.6 Å². The van der Waals surface area contributed by atoms with Gasteiger partial charge in [0.05, 0.1) is 7.11 Å². The maximum absolute atomic E-state index is 12.5. The van der Waals surface area contributed by atoms with Crippen LogP contribution in [-0.4, -0.2) is 18.2 Å². The monoisotopic (exact) mass is 474 g/mol. The van der Waals surface area contributed by atoms with Gasteiger partial charge in [0.2, 0.25) is 0 Å². The van der Waals surface area contributed by atoms with E-state index in [1.54, 1.807) is 0 Å². The predicted molar refractivity (Wildman–Crippen MR) is 125 cm³/mol. The third-order valence-electron chi connectivity index (χ3n) is 4.18. The molecule has 0 aliphatic carbocycles. The lowest BCUT2D eigenvalue weighted by atomic mass is 10.0. The van der Waals surface area contributed by atoms with Crippen molar-refractivity contribution >= 4 is 61.3 Å². The molecule has 0 spiro atoms. The molecule has 7 heteroatoms. The Morgan fingerprint density at radius 3 is 2.46 bits per heavy atom. The van der Waals surface area contributed by atoms with E-state index in [2.05, 4.69) is 26.6 Å². The van der Waals surface area contributed by atoms with Crippen molar-refractivity contribution in [3.8, 4) is 11.1 Å². The molecule has 3 aromatic rings. The number of halogens is 1. The number of ether oxygens (including phenoxy) is 1. The molecule has 0 bridgehead atoms. The van der Waals surface area contributed by atoms with E-state index in [4.69, 9.17) is 17.0 Å². The maximum atomic E-state index is 12.5. The summed E-state index contributed by atoms with van der Waals surface area (Å²) in [4.78, 5) is 13.5. The molecule has 1 heterocycles. The first-order valence-corrected chi connectivity index (χ1v) is 10.5. The predicted octanol–water partition coefficient (Wildman–Crippen LogP) is 6.39. The summed E-state index contributed by atoms with van der Waals surface area (Å²) in [7, 11) is 1.38. The quantitative estimate of drug-likeness (QED) is 0.338. The number of thiophene rings is 1. The number of aryl methyl sites for hydroxylation is 2. The molecule has 0 radical (unpaired) electrons. The molecule has 2 N–H and O–H groups in total. The smallest absolute Gasteiger partial charge is 0.341 e. The molecule has 0 saturated heterocycles. The first kappa shape index (κ1) is 20.5. The number of carbonyl (C=O) groups is 1. The van der Waals surface area contributed by atoms with Crippen LogP contribution in [0.15, 0.2) is 53.0 Å². The second kappa shape index (κ2) is 8.86. The molecule has 0 atom stereocenters. The van der Waals surface area contributed by atoms with Crippen LogP contribution in [0.4, 0.5) is 10.7 Å². The third-order valence-corrected chi connectivity index (χ3v) is 6.29. The van der Waals surface area contributed by atoms with Crippen molar-refractivity contribution in [2.24, 2.45) is 0 Å². The topological polar surface area (TPSA) is 50.4 Å². The number of methoxy groups -OCH3 is 1. The Labute approximate surface area is 182 Å². The van der Waals surface area contributed by atoms with E-state index in [-0.39, 0.29) is 0 Å². The second-order valence-electron chi connectivity index (χ2n) is 6.14. The second-order valence-corrected chi connectivity index (χ2v) is 8.63. The number of hydrogen-bond acceptors (Lipinski definition) is 4. The SMILES string of the molecule is COC(=O)c1c(NC(=S)Nc2ccc(Br)c(C)c2)sc(C)c1-c1ccccc1. The van der Waals surface area contributed by atoms with E-state index in [0.29, 0.717) is 15.7 Å². The molecule has 1 aromatic heterocycles. The lowest BCUT2D eigenvalue weighted by Gasteiger charge is -2.12. The minimum absolute atomic E-state index is 0.395. The highest BCUT2D eigenvalue weighted by Gasteiger charge is 2.24. The summed E-state index contributed by atoms with van der Waals surface area (Å²) >= 11 is 10.4. The highest BCUT2D eigenvalue weighted by Crippen LogP contribution is 2.40. The molecular weight excluding hydrogens is 456 g/mol. The third kappa shape index (κ3) is 4.43. The van der Waals surface area contributed by atoms with E-state index in [9.17, 15) is 4.79 Å². The number of hydrogen-bond donors (Lipinski definition) is 2. The van der Waals surface area contributed by atoms with E-state index in [0.717, 1.165) is 31.7 Å². The van der Waals surface area contributed by atoms with Gasteiger partial charge in [-0.3, -0.25) is 0 Å². The standard InChI is InChI=1S/C21H19BrN2O2S2/c1-12-11-15(9-10-16(12)22)23-21(27)24-19-18(20(25)26-3)17(13(2)28-19)14-7-5-4-6-8-14/h4-11H,1-3H3,(H2,23,24,27). The Morgan fingerprint density at radius 2 is 1.82 bits per heavy atom. The Hall–Kier alpha value is -2.22. The van der Waals surface area contributed by atoms with Crippen LogP contribution in [-0.2, 0) is 4.74 Å². The largest absolute Gasteiger partial charge is 0.465 e. The number of esters is 1. The van der Waals surface area contributed by atoms with Crippen molar-refractivity contribution in [1.82, 2.24) is 0 Å². The van der Waals surface area contributed by atoms with Crippen LogP contribution in [0.1, 0.15) is 20.8 Å². The van der Waals surface area contributed by atoms with Gasteiger partial charge in [0.25, 0.3) is 0 Å². The fourth-order valence-corrected chi connectivity index (χ4v) is 4.47. The Kier molecular flexibility index (Phi) is 6.49. The van der Waals surface area contributed by atoms with E-state index >= 15 is 0 Å². The van der Waals surface area contributed by atoms with Gasteiger partial charge in [0.15, 0.2) is 5.11 Å². The molecule has 0 fully saturated rings. The first-order valence-electron chi connectivity index (χ1n) is 8.52. The van der Waals surface area contributed by atoms with Gasteiger partial charge in [-0.05, 0) is 55.4 Å². The minimum atomic E-state index is -0.395. The van der Waals surface area contributed by atoms with Crippen LogP contribution < -0.4 is 10.6 Å². The van der Waals surface area contributed by atoms with Crippen molar-refractivity contribution in [1.29, 1.82) is 0 Å². The molecule has 3 rings (SSSR count). The number of thiocarbonyl (C=S) groups is 1. The molecule has 0 aliphatic heterocycles. The Morgan fingerprint density at radius 1 is 1.11 bits per heavy atom. The van der Waals surface area contributed by atoms with Crippen molar-refractivity contribution in [3.63, 3.8) is 0 Å². The van der Waals surface area contributed by atoms with Crippen molar-refractivity contribution in [2.45, 2.75) is 13.8 Å². The van der Waals surface area contributed by atoms with E-state index in [1.165, 1.54) is 18.4 Å². The molecule has 2 aromatic carbocycles. The average molecular weight is 475 g/mol. The van der Waals surface area contributed by atoms with Crippen LogP contribution in [0.5, 0.6) is 0 Å². The molecule has 4 nitrogen and oxygen atoms in total. The summed E-state index contributed by atoms with van der Waals surface area (Å²) < 4.78 is 6.07. The summed E-state index contributed by atoms with van der Waals surface area (Å²) in [6.07, 6.45) is 0. The number of anilines is 2. The highest BCUT2D eigenvalue weighted by molar-refractivity contribution is 9.10. The Balaban J connectivity index is 1.92. The lowest BCUT2D eigenvalue weighted by Crippen LogP contribution is -2.20. The number of benzene rings is 2. The van der Waals surface area contributed by atoms with Crippen LogP contribution in [0, 0.1) is 13.8 Å². The van der Waals surface area contributed by atoms with Crippen LogP contribution in [0.2, 0.25) is 0 Å². The van der Waals surface area contributed by atoms with Crippen LogP contribution >= 0.6 is 39.5 Å². The Bertz CT molecular complexity index is 1030. The molecule has 0 amide bonds. The zero-order valence-corrected chi connectivity index (χ0v) is 18.8. The summed E-state index contributed by atoms with van der Waals surface area (Å²) in [5.41, 5.74) is 4.29. The van der Waals surface area contributed by atoms with Crippen molar-refractivity contribution in [3.05, 3.63) is 69.0 Å². The number of carbonyl (C=O) groups excluding carboxylic acids is 1. The number of nitrogens with one attached hydrogen (secondary N) is 2. The zero-order chi connectivity index (χ0) is 20.3. The summed E-state index contributed by atoms with van der Waals surface area (Å²) in [5.74, 6) is -0.395. The normalized spacial score (nSPS) is 10.4. The first-order chi connectivity index (χ1) is 13.4. The van der Waals surface area contributed by atoms with Gasteiger partial charge in [-0.25, -0.2) is 4.79 Å². The van der Waals surface area contributed by atoms with Crippen LogP contribution in [0.3, 0.4) is 0 Å². The maximum Gasteiger partial charge on any atom is 0.341 e. The van der Waals surface area contributed by atoms with Crippen molar-refractivity contribution < 1.29 is 9.53 Å². The van der Waals surface area contributed by atoms with E-state index in [1.807, 2.05) is 62.4 Å². The molecule has 0 unspecified atom stereocenters. The summed E-state index contributed by atoms with van der Waals surface area (Å²) in [6.45, 7) is 4.00. The molecule has 144 valence electrons. The summed E-state index contributed by atoms with van der Waals surface area (Å²) in [6, 6.07) is 15.7. The van der Waals surface area contributed by atoms with Gasteiger partial charge < -0.3 is 15.4 Å². The molecule has 0 saturated carbocycles. The van der Waals surface area contributed by atoms with Crippen molar-refractivity contribution in [2.75, 3.05) is 17.7 Å². The highest BCUT2D eigenvalue weighted by atomic mass is 79.9. The van der Waals surface area contributed by atoms with Gasteiger partial charge in [-0.15, -0.1) is 11.3 Å². The number of rotatable bonds is 4. The summed E-state index contributed by atoms with van der Waals surface area (Å²) in [5, 5.41) is 7.40. The van der Waals surface area contributed by atoms with Gasteiger partial charge in [-0.2, -0.15) is 0 Å². The fraction of sp³-hybridized carbons (Fsp3) is 0.143. The van der Waals surface area contributed by atoms with Gasteiger partial charge in [0.1, 0.15) is 10.6 Å². The fourth-order valence-electron chi connectivity index (χ4n) is 2.87. The van der Waals surface area contributed by atoms with E-state index < -0.39 is 5.97 Å². The van der Waals surface area contributed by atoms with Gasteiger partial charge >= 0.3 is 5.97 Å².